The van der Waals surface area contributed by atoms with Crippen molar-refractivity contribution in [1.29, 1.82) is 5.26 Å². The molecule has 14 heavy (non-hydrogen) atoms. The zero-order valence-electron chi connectivity index (χ0n) is 7.80. The van der Waals surface area contributed by atoms with Crippen molar-refractivity contribution in [2.45, 2.75) is 19.4 Å². The first-order chi connectivity index (χ1) is 6.44. The Labute approximate surface area is 100 Å². The summed E-state index contributed by atoms with van der Waals surface area (Å²) < 4.78 is 1.06. The number of halogens is 1. The first kappa shape index (κ1) is 11.5. The third-order valence-electron chi connectivity index (χ3n) is 1.54. The molecular formula is C9H9IN2OS. The molecule has 0 fully saturated rings. The van der Waals surface area contributed by atoms with Crippen LogP contribution in [0.3, 0.4) is 0 Å². The molecule has 1 amide bonds. The fourth-order valence-corrected chi connectivity index (χ4v) is 2.14. The average Bonchev–Trinajstić information content (AvgIpc) is 2.51. The fourth-order valence-electron chi connectivity index (χ4n) is 0.813. The zero-order valence-corrected chi connectivity index (χ0v) is 10.8. The van der Waals surface area contributed by atoms with Crippen LogP contribution in [0.15, 0.2) is 11.4 Å². The molecule has 0 aliphatic heterocycles. The van der Waals surface area contributed by atoms with Gasteiger partial charge in [-0.05, 0) is 42.5 Å². The Morgan fingerprint density at radius 2 is 2.36 bits per heavy atom. The highest BCUT2D eigenvalue weighted by Crippen LogP contribution is 2.17. The molecule has 1 heterocycles. The molecule has 0 radical (unpaired) electrons. The van der Waals surface area contributed by atoms with Crippen molar-refractivity contribution < 1.29 is 4.79 Å². The minimum Gasteiger partial charge on any atom is -0.334 e. The Morgan fingerprint density at radius 1 is 1.71 bits per heavy atom. The van der Waals surface area contributed by atoms with Crippen molar-refractivity contribution in [2.24, 2.45) is 0 Å². The van der Waals surface area contributed by atoms with Crippen LogP contribution in [-0.4, -0.2) is 11.4 Å². The summed E-state index contributed by atoms with van der Waals surface area (Å²) in [5.74, 6) is -0.198. The maximum atomic E-state index is 11.6. The Hall–Kier alpha value is -0.610. The summed E-state index contributed by atoms with van der Waals surface area (Å²) in [4.78, 5) is 11.6. The molecule has 1 N–H and O–H groups in total. The molecule has 0 bridgehead atoms. The van der Waals surface area contributed by atoms with Gasteiger partial charge in [-0.15, -0.1) is 11.3 Å². The van der Waals surface area contributed by atoms with Gasteiger partial charge in [0.2, 0.25) is 0 Å². The van der Waals surface area contributed by atoms with E-state index in [0.717, 1.165) is 2.88 Å². The molecule has 5 heteroatoms. The monoisotopic (exact) mass is 320 g/mol. The molecule has 74 valence electrons. The standard InChI is InChI=1S/C9H9IN2OS/c1-9(2,5-11)12-8(13)6-3-7(10)14-4-6/h3-4H,1-2H3,(H,12,13). The second-order valence-electron chi connectivity index (χ2n) is 3.33. The number of carbonyl (C=O) groups excluding carboxylic acids is 1. The van der Waals surface area contributed by atoms with Gasteiger partial charge in [-0.25, -0.2) is 0 Å². The van der Waals surface area contributed by atoms with Gasteiger partial charge < -0.3 is 5.32 Å². The van der Waals surface area contributed by atoms with Gasteiger partial charge in [-0.3, -0.25) is 4.79 Å². The summed E-state index contributed by atoms with van der Waals surface area (Å²) in [7, 11) is 0. The minimum absolute atomic E-state index is 0.198. The van der Waals surface area contributed by atoms with E-state index in [4.69, 9.17) is 5.26 Å². The Morgan fingerprint density at radius 3 is 2.79 bits per heavy atom. The number of amides is 1. The summed E-state index contributed by atoms with van der Waals surface area (Å²) in [6.45, 7) is 3.34. The molecule has 0 aromatic carbocycles. The van der Waals surface area contributed by atoms with Crippen molar-refractivity contribution in [3.8, 4) is 6.07 Å². The number of nitriles is 1. The van der Waals surface area contributed by atoms with Crippen LogP contribution in [0, 0.1) is 14.2 Å². The van der Waals surface area contributed by atoms with Gasteiger partial charge in [-0.2, -0.15) is 5.26 Å². The van der Waals surface area contributed by atoms with Crippen molar-refractivity contribution in [1.82, 2.24) is 5.32 Å². The largest absolute Gasteiger partial charge is 0.334 e. The van der Waals surface area contributed by atoms with E-state index < -0.39 is 5.54 Å². The lowest BCUT2D eigenvalue weighted by molar-refractivity contribution is 0.0929. The molecule has 0 atom stereocenters. The fraction of sp³-hybridized carbons (Fsp3) is 0.333. The molecule has 0 unspecified atom stereocenters. The lowest BCUT2D eigenvalue weighted by atomic mass is 10.1. The predicted octanol–water partition coefficient (Wildman–Crippen LogP) is 2.38. The average molecular weight is 320 g/mol. The minimum atomic E-state index is -0.815. The molecule has 1 rings (SSSR count). The van der Waals surface area contributed by atoms with E-state index in [-0.39, 0.29) is 5.91 Å². The second-order valence-corrected chi connectivity index (χ2v) is 6.14. The predicted molar refractivity (Wildman–Crippen MR) is 64.2 cm³/mol. The van der Waals surface area contributed by atoms with E-state index >= 15 is 0 Å². The van der Waals surface area contributed by atoms with Crippen LogP contribution in [0.2, 0.25) is 0 Å². The SMILES string of the molecule is CC(C)(C#N)NC(=O)c1csc(I)c1. The van der Waals surface area contributed by atoms with Crippen molar-refractivity contribution in [3.63, 3.8) is 0 Å². The van der Waals surface area contributed by atoms with Gasteiger partial charge >= 0.3 is 0 Å². The number of hydrogen-bond donors (Lipinski definition) is 1. The third-order valence-corrected chi connectivity index (χ3v) is 3.32. The number of rotatable bonds is 2. The quantitative estimate of drug-likeness (QED) is 0.851. The highest BCUT2D eigenvalue weighted by Gasteiger charge is 2.20. The highest BCUT2D eigenvalue weighted by atomic mass is 127. The molecule has 1 aromatic rings. The van der Waals surface area contributed by atoms with Crippen molar-refractivity contribution in [2.75, 3.05) is 0 Å². The normalized spacial score (nSPS) is 10.7. The molecule has 0 aliphatic rings. The summed E-state index contributed by atoms with van der Waals surface area (Å²) in [6.07, 6.45) is 0. The van der Waals surface area contributed by atoms with Gasteiger partial charge in [-0.1, -0.05) is 0 Å². The van der Waals surface area contributed by atoms with Gasteiger partial charge in [0, 0.05) is 5.38 Å². The molecule has 0 saturated carbocycles. The lowest BCUT2D eigenvalue weighted by Crippen LogP contribution is -2.41. The van der Waals surface area contributed by atoms with Gasteiger partial charge in [0.25, 0.3) is 5.91 Å². The van der Waals surface area contributed by atoms with Crippen LogP contribution in [0.5, 0.6) is 0 Å². The van der Waals surface area contributed by atoms with E-state index in [1.54, 1.807) is 25.3 Å². The molecule has 0 aliphatic carbocycles. The molecule has 3 nitrogen and oxygen atoms in total. The number of hydrogen-bond acceptors (Lipinski definition) is 3. The maximum Gasteiger partial charge on any atom is 0.253 e. The van der Waals surface area contributed by atoms with Crippen LogP contribution in [-0.2, 0) is 0 Å². The van der Waals surface area contributed by atoms with Gasteiger partial charge in [0.05, 0.1) is 14.5 Å². The highest BCUT2D eigenvalue weighted by molar-refractivity contribution is 14.1. The first-order valence-corrected chi connectivity index (χ1v) is 5.88. The Kier molecular flexibility index (Phi) is 3.50. The van der Waals surface area contributed by atoms with Crippen LogP contribution in [0.4, 0.5) is 0 Å². The smallest absolute Gasteiger partial charge is 0.253 e. The number of carbonyl (C=O) groups is 1. The van der Waals surface area contributed by atoms with Gasteiger partial charge in [0.1, 0.15) is 5.54 Å². The number of thiophene rings is 1. The molecule has 0 saturated heterocycles. The van der Waals surface area contributed by atoms with E-state index in [1.807, 2.05) is 6.07 Å². The summed E-state index contributed by atoms with van der Waals surface area (Å²) in [6, 6.07) is 3.82. The van der Waals surface area contributed by atoms with Crippen LogP contribution >= 0.6 is 33.9 Å². The molecule has 0 spiro atoms. The number of nitrogens with zero attached hydrogens (tertiary/aromatic N) is 1. The van der Waals surface area contributed by atoms with Crippen molar-refractivity contribution >= 4 is 39.8 Å². The van der Waals surface area contributed by atoms with Crippen LogP contribution < -0.4 is 5.32 Å². The van der Waals surface area contributed by atoms with Crippen LogP contribution in [0.1, 0.15) is 24.2 Å². The molecule has 1 aromatic heterocycles. The lowest BCUT2D eigenvalue weighted by Gasteiger charge is -2.16. The van der Waals surface area contributed by atoms with Gasteiger partial charge in [0.15, 0.2) is 0 Å². The second kappa shape index (κ2) is 4.28. The first-order valence-electron chi connectivity index (χ1n) is 3.92. The van der Waals surface area contributed by atoms with E-state index in [1.165, 1.54) is 11.3 Å². The van der Waals surface area contributed by atoms with E-state index in [9.17, 15) is 4.79 Å². The third kappa shape index (κ3) is 2.96. The molecular weight excluding hydrogens is 311 g/mol. The maximum absolute atomic E-state index is 11.6. The summed E-state index contributed by atoms with van der Waals surface area (Å²) in [5.41, 5.74) is -0.201. The van der Waals surface area contributed by atoms with Crippen molar-refractivity contribution in [3.05, 3.63) is 19.9 Å². The Balaban J connectivity index is 2.74. The topological polar surface area (TPSA) is 52.9 Å². The van der Waals surface area contributed by atoms with Crippen LogP contribution in [0.25, 0.3) is 0 Å². The van der Waals surface area contributed by atoms with E-state index in [2.05, 4.69) is 27.9 Å². The Bertz CT molecular complexity index is 392. The van der Waals surface area contributed by atoms with E-state index in [0.29, 0.717) is 5.56 Å². The zero-order chi connectivity index (χ0) is 10.8. The summed E-state index contributed by atoms with van der Waals surface area (Å²) >= 11 is 3.66. The summed E-state index contributed by atoms with van der Waals surface area (Å²) in [5, 5.41) is 13.2. The number of nitrogens with one attached hydrogen (secondary N) is 1.